The van der Waals surface area contributed by atoms with Crippen molar-refractivity contribution in [1.29, 1.82) is 0 Å². The van der Waals surface area contributed by atoms with Crippen LogP contribution in [0.2, 0.25) is 0 Å². The zero-order valence-corrected chi connectivity index (χ0v) is 21.7. The Hall–Kier alpha value is -4.03. The van der Waals surface area contributed by atoms with Crippen LogP contribution in [-0.4, -0.2) is 46.1 Å². The van der Waals surface area contributed by atoms with Gasteiger partial charge in [0.1, 0.15) is 5.82 Å². The van der Waals surface area contributed by atoms with Gasteiger partial charge in [0.25, 0.3) is 5.95 Å². The number of hydrogen-bond acceptors (Lipinski definition) is 5. The molecule has 0 bridgehead atoms. The largest absolute Gasteiger partial charge is 0.378 e. The van der Waals surface area contributed by atoms with Crippen LogP contribution in [-0.2, 0) is 4.74 Å². The van der Waals surface area contributed by atoms with E-state index in [1.54, 1.807) is 4.68 Å². The molecule has 2 aromatic carbocycles. The predicted octanol–water partition coefficient (Wildman–Crippen LogP) is 6.40. The van der Waals surface area contributed by atoms with Gasteiger partial charge in [0, 0.05) is 36.7 Å². The summed E-state index contributed by atoms with van der Waals surface area (Å²) < 4.78 is 7.37. The van der Waals surface area contributed by atoms with Crippen molar-refractivity contribution >= 4 is 22.3 Å². The first-order chi connectivity index (χ1) is 18.1. The van der Waals surface area contributed by atoms with Crippen molar-refractivity contribution in [3.05, 3.63) is 103 Å². The van der Waals surface area contributed by atoms with Crippen molar-refractivity contribution in [2.45, 2.75) is 20.8 Å². The molecule has 3 heterocycles. The van der Waals surface area contributed by atoms with Crippen molar-refractivity contribution in [3.63, 3.8) is 0 Å². The van der Waals surface area contributed by atoms with Gasteiger partial charge in [-0.15, -0.1) is 0 Å². The molecular formula is C31H32N5O. The van der Waals surface area contributed by atoms with Crippen molar-refractivity contribution in [3.8, 4) is 17.1 Å². The highest BCUT2D eigenvalue weighted by atomic mass is 16.5. The standard InChI is InChI=1S/C29H26N5O.C2H6/c1-4-20(14-19(2)3)23-16-26-27(25-15-24(23)25)28(33-10-12-35-13-11-33)32-29(31-26)34-18-22(17-30-34)21-8-6-5-7-9-21;1-2/h4-9,14-18H,1-2,10-13H2,3H3;1-2H3/b20-14+;. The second kappa shape index (κ2) is 10.5. The van der Waals surface area contributed by atoms with Crippen molar-refractivity contribution < 1.29 is 4.74 Å². The van der Waals surface area contributed by atoms with Crippen LogP contribution in [0.25, 0.3) is 33.6 Å². The number of rotatable bonds is 6. The van der Waals surface area contributed by atoms with E-state index in [1.807, 2.05) is 57.4 Å². The Bertz CT molecular complexity index is 1490. The topological polar surface area (TPSA) is 56.1 Å². The number of aromatic nitrogens is 4. The maximum Gasteiger partial charge on any atom is 0.253 e. The first-order valence-corrected chi connectivity index (χ1v) is 12.8. The van der Waals surface area contributed by atoms with E-state index >= 15 is 0 Å². The number of ether oxygens (including phenoxy) is 1. The highest BCUT2D eigenvalue weighted by Crippen LogP contribution is 2.46. The Morgan fingerprint density at radius 3 is 2.49 bits per heavy atom. The van der Waals surface area contributed by atoms with E-state index in [0.29, 0.717) is 19.2 Å². The molecule has 1 aliphatic heterocycles. The fourth-order valence-electron chi connectivity index (χ4n) is 4.64. The minimum absolute atomic E-state index is 0.553. The van der Waals surface area contributed by atoms with Gasteiger partial charge >= 0.3 is 0 Å². The lowest BCUT2D eigenvalue weighted by Crippen LogP contribution is -2.37. The third kappa shape index (κ3) is 4.85. The predicted molar refractivity (Wildman–Crippen MR) is 152 cm³/mol. The van der Waals surface area contributed by atoms with E-state index in [4.69, 9.17) is 14.7 Å². The SMILES string of the molecule is C=C/C(=C\C(=C)C)c1cc2nc(-n3cc(-c4ccccc4)cn3)nc(N3CCOCC3)c2c2c1[CH]2.CC. The number of anilines is 1. The third-order valence-corrected chi connectivity index (χ3v) is 6.38. The molecule has 37 heavy (non-hydrogen) atoms. The van der Waals surface area contributed by atoms with Crippen molar-refractivity contribution in [2.75, 3.05) is 31.2 Å². The molecule has 0 amide bonds. The molecule has 0 N–H and O–H groups in total. The lowest BCUT2D eigenvalue weighted by atomic mass is 10.0. The molecule has 6 rings (SSSR count). The minimum Gasteiger partial charge on any atom is -0.378 e. The van der Waals surface area contributed by atoms with E-state index < -0.39 is 0 Å². The molecule has 1 radical (unpaired) electrons. The fraction of sp³-hybridized carbons (Fsp3) is 0.226. The van der Waals surface area contributed by atoms with E-state index in [2.05, 4.69) is 53.9 Å². The highest BCUT2D eigenvalue weighted by Gasteiger charge is 2.31. The fourth-order valence-corrected chi connectivity index (χ4v) is 4.64. The summed E-state index contributed by atoms with van der Waals surface area (Å²) in [5, 5.41) is 5.69. The van der Waals surface area contributed by atoms with E-state index in [1.165, 1.54) is 11.1 Å². The van der Waals surface area contributed by atoms with Gasteiger partial charge in [0.05, 0.1) is 24.9 Å². The summed E-state index contributed by atoms with van der Waals surface area (Å²) >= 11 is 0. The Kier molecular flexibility index (Phi) is 7.01. The first-order valence-electron chi connectivity index (χ1n) is 12.8. The molecule has 4 aromatic rings. The lowest BCUT2D eigenvalue weighted by molar-refractivity contribution is 0.122. The number of benzene rings is 2. The molecule has 187 valence electrons. The summed E-state index contributed by atoms with van der Waals surface area (Å²) in [5.41, 5.74) is 8.59. The Balaban J connectivity index is 0.00000137. The van der Waals surface area contributed by atoms with Gasteiger partial charge in [-0.3, -0.25) is 0 Å². The minimum atomic E-state index is 0.553. The summed E-state index contributed by atoms with van der Waals surface area (Å²) in [5.74, 6) is 1.49. The summed E-state index contributed by atoms with van der Waals surface area (Å²) in [4.78, 5) is 12.3. The molecule has 1 aliphatic carbocycles. The monoisotopic (exact) mass is 490 g/mol. The summed E-state index contributed by atoms with van der Waals surface area (Å²) in [6.45, 7) is 17.0. The van der Waals surface area contributed by atoms with E-state index in [0.717, 1.165) is 57.6 Å². The quantitative estimate of drug-likeness (QED) is 0.258. The Morgan fingerprint density at radius 2 is 1.78 bits per heavy atom. The number of nitrogens with zero attached hydrogens (tertiary/aromatic N) is 5. The zero-order valence-electron chi connectivity index (χ0n) is 21.7. The van der Waals surface area contributed by atoms with Crippen LogP contribution in [0.5, 0.6) is 0 Å². The molecular weight excluding hydrogens is 458 g/mol. The van der Waals surface area contributed by atoms with Gasteiger partial charge < -0.3 is 9.64 Å². The second-order valence-corrected chi connectivity index (χ2v) is 8.93. The Morgan fingerprint density at radius 1 is 1.03 bits per heavy atom. The van der Waals surface area contributed by atoms with Crippen LogP contribution in [0.15, 0.2) is 79.7 Å². The first kappa shape index (κ1) is 24.7. The maximum absolute atomic E-state index is 5.61. The number of morpholine rings is 1. The van der Waals surface area contributed by atoms with Gasteiger partial charge in [-0.1, -0.05) is 75.1 Å². The van der Waals surface area contributed by atoms with Crippen LogP contribution < -0.4 is 4.90 Å². The summed E-state index contributed by atoms with van der Waals surface area (Å²) in [6.07, 6.45) is 9.99. The molecule has 0 spiro atoms. The van der Waals surface area contributed by atoms with Gasteiger partial charge in [-0.2, -0.15) is 10.1 Å². The summed E-state index contributed by atoms with van der Waals surface area (Å²) in [7, 11) is 0. The van der Waals surface area contributed by atoms with Crippen LogP contribution >= 0.6 is 0 Å². The van der Waals surface area contributed by atoms with Gasteiger partial charge in [-0.25, -0.2) is 9.67 Å². The normalized spacial score (nSPS) is 14.6. The molecule has 6 heteroatoms. The number of allylic oxidation sites excluding steroid dienone is 4. The average Bonchev–Trinajstić information content (AvgIpc) is 3.60. The average molecular weight is 491 g/mol. The number of fused-ring (bicyclic) bond motifs is 3. The van der Waals surface area contributed by atoms with Gasteiger partial charge in [0.2, 0.25) is 0 Å². The van der Waals surface area contributed by atoms with Crippen LogP contribution in [0.1, 0.15) is 37.5 Å². The molecule has 6 nitrogen and oxygen atoms in total. The molecule has 2 aliphatic rings. The molecule has 1 saturated heterocycles. The van der Waals surface area contributed by atoms with E-state index in [-0.39, 0.29) is 0 Å². The molecule has 0 atom stereocenters. The molecule has 0 unspecified atom stereocenters. The van der Waals surface area contributed by atoms with Crippen LogP contribution in [0.4, 0.5) is 5.82 Å². The second-order valence-electron chi connectivity index (χ2n) is 8.93. The maximum atomic E-state index is 5.61. The third-order valence-electron chi connectivity index (χ3n) is 6.38. The van der Waals surface area contributed by atoms with Crippen LogP contribution in [0, 0.1) is 6.42 Å². The van der Waals surface area contributed by atoms with Gasteiger partial charge in [-0.05, 0) is 40.8 Å². The highest BCUT2D eigenvalue weighted by molar-refractivity contribution is 6.04. The zero-order chi connectivity index (χ0) is 25.9. The smallest absolute Gasteiger partial charge is 0.253 e. The molecule has 2 aromatic heterocycles. The van der Waals surface area contributed by atoms with Crippen LogP contribution in [0.3, 0.4) is 0 Å². The molecule has 0 saturated carbocycles. The lowest BCUT2D eigenvalue weighted by Gasteiger charge is -2.29. The van der Waals surface area contributed by atoms with Gasteiger partial charge in [0.15, 0.2) is 0 Å². The van der Waals surface area contributed by atoms with E-state index in [9.17, 15) is 0 Å². The van der Waals surface area contributed by atoms with Crippen molar-refractivity contribution in [2.24, 2.45) is 0 Å². The Labute approximate surface area is 218 Å². The molecule has 1 fully saturated rings. The number of hydrogen-bond donors (Lipinski definition) is 0. The summed E-state index contributed by atoms with van der Waals surface area (Å²) in [6, 6.07) is 12.4. The van der Waals surface area contributed by atoms with Crippen molar-refractivity contribution in [1.82, 2.24) is 19.7 Å².